The van der Waals surface area contributed by atoms with Crippen LogP contribution in [0, 0.1) is 0 Å². The van der Waals surface area contributed by atoms with Crippen LogP contribution in [0.15, 0.2) is 4.99 Å². The second-order valence-corrected chi connectivity index (χ2v) is 3.93. The van der Waals surface area contributed by atoms with Crippen molar-refractivity contribution in [1.29, 1.82) is 0 Å². The van der Waals surface area contributed by atoms with Gasteiger partial charge in [0, 0.05) is 12.6 Å². The normalized spacial score (nSPS) is 14.1. The molecule has 0 amide bonds. The highest BCUT2D eigenvalue weighted by atomic mass is 16.1. The van der Waals surface area contributed by atoms with Crippen molar-refractivity contribution in [1.82, 2.24) is 5.32 Å². The largest absolute Gasteiger partial charge is 0.370 e. The molecule has 0 rings (SSSR count). The Labute approximate surface area is 91.3 Å². The van der Waals surface area contributed by atoms with Crippen LogP contribution in [0.2, 0.25) is 0 Å². The minimum Gasteiger partial charge on any atom is -0.370 e. The molecular weight excluding hydrogens is 192 g/mol. The zero-order valence-electron chi connectivity index (χ0n) is 9.79. The number of carbonyl (C=O) groups is 1. The van der Waals surface area contributed by atoms with Gasteiger partial charge in [-0.2, -0.15) is 0 Å². The van der Waals surface area contributed by atoms with Gasteiger partial charge in [-0.05, 0) is 33.6 Å². The third-order valence-corrected chi connectivity index (χ3v) is 1.91. The maximum atomic E-state index is 10.8. The van der Waals surface area contributed by atoms with Gasteiger partial charge in [0.2, 0.25) is 0 Å². The van der Waals surface area contributed by atoms with Crippen LogP contribution in [0.3, 0.4) is 0 Å². The summed E-state index contributed by atoms with van der Waals surface area (Å²) in [5.74, 6) is 0.466. The number of nitrogens with two attached hydrogens (primary N) is 2. The zero-order valence-corrected chi connectivity index (χ0v) is 9.79. The van der Waals surface area contributed by atoms with Crippen molar-refractivity contribution in [3.8, 4) is 0 Å². The van der Waals surface area contributed by atoms with Crippen molar-refractivity contribution in [2.75, 3.05) is 6.54 Å². The van der Waals surface area contributed by atoms with Gasteiger partial charge in [-0.1, -0.05) is 0 Å². The number of carbonyl (C=O) groups excluding carboxylic acids is 1. The average molecular weight is 214 g/mol. The third kappa shape index (κ3) is 7.93. The van der Waals surface area contributed by atoms with Crippen LogP contribution in [0.4, 0.5) is 0 Å². The Morgan fingerprint density at radius 2 is 2.07 bits per heavy atom. The molecular formula is C10H22N4O. The number of nitrogens with zero attached hydrogens (tertiary/aromatic N) is 1. The van der Waals surface area contributed by atoms with Crippen molar-refractivity contribution in [3.05, 3.63) is 0 Å². The maximum Gasteiger partial charge on any atom is 0.188 e. The predicted molar refractivity (Wildman–Crippen MR) is 62.7 cm³/mol. The van der Waals surface area contributed by atoms with Crippen LogP contribution in [-0.4, -0.2) is 30.4 Å². The van der Waals surface area contributed by atoms with E-state index in [1.807, 2.05) is 13.8 Å². The Balaban J connectivity index is 3.65. The molecule has 0 aliphatic rings. The van der Waals surface area contributed by atoms with Crippen LogP contribution in [0.5, 0.6) is 0 Å². The molecule has 0 aromatic heterocycles. The fourth-order valence-electron chi connectivity index (χ4n) is 1.06. The lowest BCUT2D eigenvalue weighted by Gasteiger charge is -2.09. The van der Waals surface area contributed by atoms with Gasteiger partial charge in [0.05, 0.1) is 6.04 Å². The summed E-state index contributed by atoms with van der Waals surface area (Å²) in [5.41, 5.74) is 11.2. The van der Waals surface area contributed by atoms with E-state index in [1.165, 1.54) is 6.92 Å². The second-order valence-electron chi connectivity index (χ2n) is 3.93. The van der Waals surface area contributed by atoms with E-state index in [-0.39, 0.29) is 17.9 Å². The van der Waals surface area contributed by atoms with E-state index in [2.05, 4.69) is 10.3 Å². The number of hydrogen-bond acceptors (Lipinski definition) is 3. The average Bonchev–Trinajstić information content (AvgIpc) is 2.10. The molecule has 0 aromatic rings. The first kappa shape index (κ1) is 13.9. The van der Waals surface area contributed by atoms with Gasteiger partial charge in [-0.3, -0.25) is 9.79 Å². The number of rotatable bonds is 6. The Bertz CT molecular complexity index is 225. The lowest BCUT2D eigenvalue weighted by molar-refractivity contribution is -0.118. The quantitative estimate of drug-likeness (QED) is 0.329. The molecule has 1 unspecified atom stereocenters. The Kier molecular flexibility index (Phi) is 6.70. The van der Waals surface area contributed by atoms with Gasteiger partial charge in [0.25, 0.3) is 0 Å². The van der Waals surface area contributed by atoms with Gasteiger partial charge in [0.15, 0.2) is 5.96 Å². The van der Waals surface area contributed by atoms with Gasteiger partial charge in [-0.15, -0.1) is 0 Å². The van der Waals surface area contributed by atoms with Crippen LogP contribution >= 0.6 is 0 Å². The molecule has 5 nitrogen and oxygen atoms in total. The van der Waals surface area contributed by atoms with Gasteiger partial charge >= 0.3 is 0 Å². The number of hydrogen-bond donors (Lipinski definition) is 3. The molecule has 5 N–H and O–H groups in total. The van der Waals surface area contributed by atoms with E-state index < -0.39 is 0 Å². The molecule has 0 radical (unpaired) electrons. The molecule has 0 aliphatic heterocycles. The number of ketones is 1. The molecule has 0 spiro atoms. The van der Waals surface area contributed by atoms with Gasteiger partial charge in [0.1, 0.15) is 5.78 Å². The maximum absolute atomic E-state index is 10.8. The molecule has 0 fully saturated rings. The molecule has 88 valence electrons. The zero-order chi connectivity index (χ0) is 11.8. The summed E-state index contributed by atoms with van der Waals surface area (Å²) < 4.78 is 0. The Morgan fingerprint density at radius 3 is 2.53 bits per heavy atom. The van der Waals surface area contributed by atoms with E-state index in [1.54, 1.807) is 0 Å². The van der Waals surface area contributed by atoms with Crippen LogP contribution in [0.1, 0.15) is 33.6 Å². The van der Waals surface area contributed by atoms with Crippen molar-refractivity contribution in [2.24, 2.45) is 16.5 Å². The summed E-state index contributed by atoms with van der Waals surface area (Å²) in [4.78, 5) is 14.9. The van der Waals surface area contributed by atoms with E-state index in [9.17, 15) is 4.79 Å². The van der Waals surface area contributed by atoms with E-state index >= 15 is 0 Å². The van der Waals surface area contributed by atoms with E-state index in [0.29, 0.717) is 18.9 Å². The summed E-state index contributed by atoms with van der Waals surface area (Å²) in [6.45, 7) is 6.09. The minimum atomic E-state index is -0.362. The molecule has 0 heterocycles. The topological polar surface area (TPSA) is 93.5 Å². The van der Waals surface area contributed by atoms with E-state index in [4.69, 9.17) is 11.5 Å². The first-order valence-electron chi connectivity index (χ1n) is 5.26. The lowest BCUT2D eigenvalue weighted by atomic mass is 10.1. The Hall–Kier alpha value is -1.10. The standard InChI is InChI=1S/C10H22N4O/c1-7(2)14-10(12)13-6-4-5-9(11)8(3)15/h7,9H,4-6,11H2,1-3H3,(H3,12,13,14). The van der Waals surface area contributed by atoms with Crippen molar-refractivity contribution in [3.63, 3.8) is 0 Å². The van der Waals surface area contributed by atoms with Crippen LogP contribution in [-0.2, 0) is 4.79 Å². The highest BCUT2D eigenvalue weighted by Crippen LogP contribution is 1.95. The summed E-state index contributed by atoms with van der Waals surface area (Å²) in [7, 11) is 0. The number of nitrogens with one attached hydrogen (secondary N) is 1. The molecule has 0 saturated carbocycles. The smallest absolute Gasteiger partial charge is 0.188 e. The summed E-state index contributed by atoms with van der Waals surface area (Å²) in [6.07, 6.45) is 1.44. The Morgan fingerprint density at radius 1 is 1.47 bits per heavy atom. The minimum absolute atomic E-state index is 0.0206. The first-order valence-corrected chi connectivity index (χ1v) is 5.26. The summed E-state index contributed by atoms with van der Waals surface area (Å²) in [5, 5.41) is 2.98. The molecule has 0 aromatic carbocycles. The second kappa shape index (κ2) is 7.23. The van der Waals surface area contributed by atoms with Crippen LogP contribution < -0.4 is 16.8 Å². The molecule has 5 heteroatoms. The monoisotopic (exact) mass is 214 g/mol. The van der Waals surface area contributed by atoms with Gasteiger partial charge in [-0.25, -0.2) is 0 Å². The summed E-state index contributed by atoms with van der Waals surface area (Å²) >= 11 is 0. The third-order valence-electron chi connectivity index (χ3n) is 1.91. The fraction of sp³-hybridized carbons (Fsp3) is 0.800. The number of guanidine groups is 1. The summed E-state index contributed by atoms with van der Waals surface area (Å²) in [6, 6.07) is -0.0762. The lowest BCUT2D eigenvalue weighted by Crippen LogP contribution is -2.36. The predicted octanol–water partition coefficient (Wildman–Crippen LogP) is -0.00440. The first-order chi connectivity index (χ1) is 6.93. The number of Topliss-reactive ketones (excluding diaryl/α,β-unsaturated/α-hetero) is 1. The molecule has 0 saturated heterocycles. The van der Waals surface area contributed by atoms with Gasteiger partial charge < -0.3 is 16.8 Å². The van der Waals surface area contributed by atoms with Crippen molar-refractivity contribution < 1.29 is 4.79 Å². The number of aliphatic imine (C=N–C) groups is 1. The fourth-order valence-corrected chi connectivity index (χ4v) is 1.06. The van der Waals surface area contributed by atoms with Crippen molar-refractivity contribution >= 4 is 11.7 Å². The molecule has 0 aliphatic carbocycles. The molecule has 0 bridgehead atoms. The SMILES string of the molecule is CC(=O)C(N)CCCN=C(N)NC(C)C. The molecule has 1 atom stereocenters. The molecule has 15 heavy (non-hydrogen) atoms. The highest BCUT2D eigenvalue weighted by molar-refractivity contribution is 5.81. The van der Waals surface area contributed by atoms with Crippen LogP contribution in [0.25, 0.3) is 0 Å². The van der Waals surface area contributed by atoms with E-state index in [0.717, 1.165) is 6.42 Å². The highest BCUT2D eigenvalue weighted by Gasteiger charge is 2.06. The van der Waals surface area contributed by atoms with Crippen molar-refractivity contribution in [2.45, 2.75) is 45.7 Å².